The van der Waals surface area contributed by atoms with Crippen LogP contribution in [0.15, 0.2) is 24.3 Å². The molecule has 1 atom stereocenters. The van der Waals surface area contributed by atoms with Crippen LogP contribution in [0.4, 0.5) is 5.69 Å². The topological polar surface area (TPSA) is 63.2 Å². The van der Waals surface area contributed by atoms with E-state index in [1.54, 1.807) is 31.4 Å². The van der Waals surface area contributed by atoms with Crippen LogP contribution in [0.2, 0.25) is 0 Å². The molecule has 0 spiro atoms. The van der Waals surface area contributed by atoms with E-state index in [1.165, 1.54) is 17.7 Å². The van der Waals surface area contributed by atoms with Gasteiger partial charge in [-0.3, -0.25) is 9.59 Å². The van der Waals surface area contributed by atoms with Crippen molar-refractivity contribution in [3.63, 3.8) is 0 Å². The van der Waals surface area contributed by atoms with E-state index < -0.39 is 0 Å². The Labute approximate surface area is 137 Å². The van der Waals surface area contributed by atoms with Crippen LogP contribution in [0.3, 0.4) is 0 Å². The first-order valence-corrected chi connectivity index (χ1v) is 8.44. The van der Waals surface area contributed by atoms with Crippen molar-refractivity contribution >= 4 is 17.5 Å². The molecule has 3 rings (SSSR count). The van der Waals surface area contributed by atoms with Gasteiger partial charge in [-0.05, 0) is 55.9 Å². The number of amides is 2. The number of nitrogens with two attached hydrogens (primary N) is 1. The van der Waals surface area contributed by atoms with Crippen molar-refractivity contribution in [2.75, 3.05) is 12.0 Å². The number of carbonyl (C=O) groups is 2. The van der Waals surface area contributed by atoms with Crippen molar-refractivity contribution in [2.24, 2.45) is 5.92 Å². The Bertz CT molecular complexity index is 576. The molecule has 0 radical (unpaired) electrons. The summed E-state index contributed by atoms with van der Waals surface area (Å²) in [6.45, 7) is 2.28. The van der Waals surface area contributed by atoms with Gasteiger partial charge in [-0.2, -0.15) is 0 Å². The van der Waals surface area contributed by atoms with Crippen LogP contribution in [-0.2, 0) is 9.59 Å². The van der Waals surface area contributed by atoms with E-state index in [-0.39, 0.29) is 17.9 Å². The minimum absolute atomic E-state index is 0.0845. The predicted octanol–water partition coefficient (Wildman–Crippen LogP) is 1.47. The van der Waals surface area contributed by atoms with Crippen molar-refractivity contribution in [3.8, 4) is 5.75 Å². The highest BCUT2D eigenvalue weighted by Crippen LogP contribution is 2.25. The molecule has 1 heterocycles. The number of imide groups is 1. The molecule has 1 aliphatic heterocycles. The molecule has 0 aromatic heterocycles. The smallest absolute Gasteiger partial charge is 0.292 e. The van der Waals surface area contributed by atoms with Gasteiger partial charge < -0.3 is 10.1 Å². The minimum Gasteiger partial charge on any atom is -0.497 e. The van der Waals surface area contributed by atoms with Gasteiger partial charge in [0.1, 0.15) is 5.75 Å². The Balaban J connectivity index is 1.67. The number of benzene rings is 1. The lowest BCUT2D eigenvalue weighted by molar-refractivity contribution is -0.710. The molecule has 1 saturated heterocycles. The van der Waals surface area contributed by atoms with Gasteiger partial charge in [0, 0.05) is 0 Å². The molecular formula is C18H25N2O3+. The Kier molecular flexibility index (Phi) is 4.66. The van der Waals surface area contributed by atoms with Crippen LogP contribution in [0.25, 0.3) is 0 Å². The highest BCUT2D eigenvalue weighted by molar-refractivity contribution is 6.21. The Morgan fingerprint density at radius 2 is 1.74 bits per heavy atom. The van der Waals surface area contributed by atoms with Crippen molar-refractivity contribution < 1.29 is 19.6 Å². The summed E-state index contributed by atoms with van der Waals surface area (Å²) in [6, 6.07) is 7.29. The molecule has 1 saturated carbocycles. The first-order valence-electron chi connectivity index (χ1n) is 8.44. The fourth-order valence-corrected chi connectivity index (χ4v) is 3.62. The highest BCUT2D eigenvalue weighted by Gasteiger charge is 2.43. The predicted molar refractivity (Wildman–Crippen MR) is 87.2 cm³/mol. The number of hydrogen-bond donors (Lipinski definition) is 1. The van der Waals surface area contributed by atoms with Crippen molar-refractivity contribution in [2.45, 2.75) is 51.1 Å². The summed E-state index contributed by atoms with van der Waals surface area (Å²) in [5.41, 5.74) is 0.633. The van der Waals surface area contributed by atoms with Gasteiger partial charge in [-0.25, -0.2) is 4.90 Å². The second-order valence-corrected chi connectivity index (χ2v) is 6.79. The largest absolute Gasteiger partial charge is 0.497 e. The molecule has 1 aromatic rings. The molecule has 124 valence electrons. The zero-order chi connectivity index (χ0) is 16.4. The monoisotopic (exact) mass is 317 g/mol. The molecule has 1 aliphatic carbocycles. The van der Waals surface area contributed by atoms with Gasteiger partial charge in [0.25, 0.3) is 5.91 Å². The fourth-order valence-electron chi connectivity index (χ4n) is 3.62. The first kappa shape index (κ1) is 16.0. The van der Waals surface area contributed by atoms with E-state index in [1.807, 2.05) is 0 Å². The fraction of sp³-hybridized carbons (Fsp3) is 0.556. The standard InChI is InChI=1S/C18H24N2O3/c1-12-3-5-13(6-4-12)19-16-11-17(21)20(18(16)22)14-7-9-15(23-2)10-8-14/h7-10,12-13,16,19H,3-6,11H2,1-2H3/p+1/t12?,13?,16-/m0/s1. The molecule has 5 nitrogen and oxygen atoms in total. The molecule has 2 aliphatic rings. The van der Waals surface area contributed by atoms with Crippen LogP contribution in [-0.4, -0.2) is 31.0 Å². The summed E-state index contributed by atoms with van der Waals surface area (Å²) in [5, 5.41) is 2.13. The molecule has 2 amide bonds. The van der Waals surface area contributed by atoms with Crippen LogP contribution in [0, 0.1) is 5.92 Å². The van der Waals surface area contributed by atoms with E-state index in [0.29, 0.717) is 23.9 Å². The average Bonchev–Trinajstić information content (AvgIpc) is 2.84. The molecular weight excluding hydrogens is 292 g/mol. The van der Waals surface area contributed by atoms with Gasteiger partial charge in [-0.1, -0.05) is 6.92 Å². The second-order valence-electron chi connectivity index (χ2n) is 6.79. The third kappa shape index (κ3) is 3.39. The van der Waals surface area contributed by atoms with E-state index in [0.717, 1.165) is 18.8 Å². The van der Waals surface area contributed by atoms with Gasteiger partial charge >= 0.3 is 0 Å². The third-order valence-electron chi connectivity index (χ3n) is 5.08. The Morgan fingerprint density at radius 1 is 1.09 bits per heavy atom. The molecule has 1 aromatic carbocycles. The number of hydrogen-bond acceptors (Lipinski definition) is 3. The Hall–Kier alpha value is -1.88. The van der Waals surface area contributed by atoms with Crippen molar-refractivity contribution in [3.05, 3.63) is 24.3 Å². The molecule has 23 heavy (non-hydrogen) atoms. The number of carbonyl (C=O) groups excluding carboxylic acids is 2. The molecule has 2 N–H and O–H groups in total. The number of ether oxygens (including phenoxy) is 1. The quantitative estimate of drug-likeness (QED) is 0.855. The number of anilines is 1. The zero-order valence-corrected chi connectivity index (χ0v) is 13.8. The van der Waals surface area contributed by atoms with E-state index in [2.05, 4.69) is 12.2 Å². The van der Waals surface area contributed by atoms with Gasteiger partial charge in [0.15, 0.2) is 6.04 Å². The number of nitrogens with zero attached hydrogens (tertiary/aromatic N) is 1. The summed E-state index contributed by atoms with van der Waals surface area (Å²) in [7, 11) is 1.59. The van der Waals surface area contributed by atoms with Crippen LogP contribution in [0.1, 0.15) is 39.0 Å². The minimum atomic E-state index is -0.261. The summed E-state index contributed by atoms with van der Waals surface area (Å²) >= 11 is 0. The van der Waals surface area contributed by atoms with Gasteiger partial charge in [-0.15, -0.1) is 0 Å². The van der Waals surface area contributed by atoms with Crippen LogP contribution in [0.5, 0.6) is 5.75 Å². The SMILES string of the molecule is COc1ccc(N2C(=O)C[C@H]([NH2+]C3CCC(C)CC3)C2=O)cc1. The summed E-state index contributed by atoms with van der Waals surface area (Å²) in [6.07, 6.45) is 5.02. The normalized spacial score (nSPS) is 28.3. The summed E-state index contributed by atoms with van der Waals surface area (Å²) in [4.78, 5) is 26.3. The number of quaternary nitrogens is 1. The maximum Gasteiger partial charge on any atom is 0.292 e. The van der Waals surface area contributed by atoms with E-state index in [4.69, 9.17) is 4.74 Å². The molecule has 5 heteroatoms. The Morgan fingerprint density at radius 3 is 2.35 bits per heavy atom. The summed E-state index contributed by atoms with van der Waals surface area (Å²) in [5.74, 6) is 1.31. The van der Waals surface area contributed by atoms with Crippen LogP contribution < -0.4 is 15.0 Å². The van der Waals surface area contributed by atoms with Crippen LogP contribution >= 0.6 is 0 Å². The summed E-state index contributed by atoms with van der Waals surface area (Å²) < 4.78 is 5.12. The lowest BCUT2D eigenvalue weighted by Crippen LogP contribution is -2.96. The first-order chi connectivity index (χ1) is 11.1. The average molecular weight is 317 g/mol. The number of rotatable bonds is 4. The van der Waals surface area contributed by atoms with Crippen molar-refractivity contribution in [1.82, 2.24) is 0 Å². The lowest BCUT2D eigenvalue weighted by atomic mass is 9.87. The van der Waals surface area contributed by atoms with E-state index >= 15 is 0 Å². The molecule has 0 bridgehead atoms. The van der Waals surface area contributed by atoms with Gasteiger partial charge in [0.05, 0.1) is 25.3 Å². The zero-order valence-electron chi connectivity index (χ0n) is 13.8. The lowest BCUT2D eigenvalue weighted by Gasteiger charge is -2.26. The number of methoxy groups -OCH3 is 1. The van der Waals surface area contributed by atoms with Gasteiger partial charge in [0.2, 0.25) is 5.91 Å². The maximum atomic E-state index is 12.7. The molecule has 2 fully saturated rings. The van der Waals surface area contributed by atoms with Crippen molar-refractivity contribution in [1.29, 1.82) is 0 Å². The maximum absolute atomic E-state index is 12.7. The van der Waals surface area contributed by atoms with E-state index in [9.17, 15) is 9.59 Å². The molecule has 0 unspecified atom stereocenters. The second kappa shape index (κ2) is 6.71. The highest BCUT2D eigenvalue weighted by atomic mass is 16.5. The third-order valence-corrected chi connectivity index (χ3v) is 5.08.